The number of hydrogen-bond acceptors (Lipinski definition) is 6. The number of carbonyl (C=O) groups excluding carboxylic acids is 1. The van der Waals surface area contributed by atoms with E-state index in [1.165, 1.54) is 11.8 Å². The van der Waals surface area contributed by atoms with Gasteiger partial charge in [-0.2, -0.15) is 0 Å². The van der Waals surface area contributed by atoms with Gasteiger partial charge in [0, 0.05) is 19.0 Å². The molecule has 0 aromatic carbocycles. The van der Waals surface area contributed by atoms with Gasteiger partial charge in [0.25, 0.3) is 0 Å². The molecule has 0 spiro atoms. The first-order valence-electron chi connectivity index (χ1n) is 7.44. The Morgan fingerprint density at radius 1 is 1.41 bits per heavy atom. The van der Waals surface area contributed by atoms with Crippen LogP contribution in [0.25, 0.3) is 0 Å². The fraction of sp³-hybridized carbons (Fsp3) is 0.846. The monoisotopic (exact) mass is 316 g/mol. The Balaban J connectivity index is 2.79. The first kappa shape index (κ1) is 18.9. The first-order valence-corrected chi connectivity index (χ1v) is 7.44. The Labute approximate surface area is 130 Å². The van der Waals surface area contributed by atoms with Gasteiger partial charge in [0.1, 0.15) is 5.54 Å². The summed E-state index contributed by atoms with van der Waals surface area (Å²) in [5.41, 5.74) is 4.44. The molecule has 1 rings (SSSR count). The Hall–Kier alpha value is -1.16. The summed E-state index contributed by atoms with van der Waals surface area (Å²) in [5.74, 6) is -2.59. The number of rotatable bonds is 7. The van der Waals surface area contributed by atoms with Crippen LogP contribution in [0, 0.1) is 11.8 Å². The maximum atomic E-state index is 12.3. The van der Waals surface area contributed by atoms with Gasteiger partial charge in [-0.1, -0.05) is 13.3 Å². The molecule has 8 nitrogen and oxygen atoms in total. The predicted molar refractivity (Wildman–Crippen MR) is 79.7 cm³/mol. The molecule has 1 saturated heterocycles. The average molecular weight is 316 g/mol. The SMILES string of the molecule is C[C@H](C(=O)N1C[C@H](CCCB(O)O)[C@](N)(C(=O)O)C1)[C@@H](C)O. The van der Waals surface area contributed by atoms with Crippen LogP contribution in [-0.4, -0.2) is 68.9 Å². The highest BCUT2D eigenvalue weighted by Gasteiger charge is 2.51. The molecule has 126 valence electrons. The van der Waals surface area contributed by atoms with E-state index in [1.54, 1.807) is 6.92 Å². The van der Waals surface area contributed by atoms with Gasteiger partial charge >= 0.3 is 13.1 Å². The zero-order chi connectivity index (χ0) is 17.1. The number of amides is 1. The van der Waals surface area contributed by atoms with Crippen molar-refractivity contribution in [2.45, 2.75) is 44.7 Å². The van der Waals surface area contributed by atoms with Crippen molar-refractivity contribution >= 4 is 19.0 Å². The van der Waals surface area contributed by atoms with Crippen LogP contribution >= 0.6 is 0 Å². The highest BCUT2D eigenvalue weighted by Crippen LogP contribution is 2.31. The molecule has 1 aliphatic rings. The van der Waals surface area contributed by atoms with Crippen LogP contribution in [0.3, 0.4) is 0 Å². The van der Waals surface area contributed by atoms with Crippen molar-refractivity contribution in [3.05, 3.63) is 0 Å². The van der Waals surface area contributed by atoms with Gasteiger partial charge < -0.3 is 30.9 Å². The van der Waals surface area contributed by atoms with Crippen molar-refractivity contribution in [2.24, 2.45) is 17.6 Å². The molecule has 0 aliphatic carbocycles. The first-order chi connectivity index (χ1) is 10.1. The number of aliphatic hydroxyl groups excluding tert-OH is 1. The van der Waals surface area contributed by atoms with Crippen LogP contribution < -0.4 is 5.73 Å². The molecule has 1 amide bonds. The van der Waals surface area contributed by atoms with Gasteiger partial charge in [0.15, 0.2) is 0 Å². The van der Waals surface area contributed by atoms with Crippen LogP contribution in [0.4, 0.5) is 0 Å². The second-order valence-electron chi connectivity index (χ2n) is 6.20. The smallest absolute Gasteiger partial charge is 0.451 e. The number of carbonyl (C=O) groups is 2. The van der Waals surface area contributed by atoms with Crippen molar-refractivity contribution in [1.29, 1.82) is 0 Å². The van der Waals surface area contributed by atoms with E-state index >= 15 is 0 Å². The van der Waals surface area contributed by atoms with E-state index < -0.39 is 36.6 Å². The highest BCUT2D eigenvalue weighted by atomic mass is 16.4. The van der Waals surface area contributed by atoms with E-state index in [4.69, 9.17) is 15.8 Å². The van der Waals surface area contributed by atoms with Gasteiger partial charge in [0.05, 0.1) is 12.0 Å². The molecule has 9 heteroatoms. The van der Waals surface area contributed by atoms with E-state index in [0.717, 1.165) is 0 Å². The van der Waals surface area contributed by atoms with Gasteiger partial charge in [-0.15, -0.1) is 0 Å². The predicted octanol–water partition coefficient (Wildman–Crippen LogP) is -1.50. The molecule has 1 fully saturated rings. The molecular formula is C13H25BN2O6. The van der Waals surface area contributed by atoms with E-state index in [0.29, 0.717) is 12.8 Å². The molecule has 0 saturated carbocycles. The van der Waals surface area contributed by atoms with Crippen molar-refractivity contribution in [2.75, 3.05) is 13.1 Å². The van der Waals surface area contributed by atoms with Crippen molar-refractivity contribution in [3.8, 4) is 0 Å². The lowest BCUT2D eigenvalue weighted by Gasteiger charge is -2.25. The lowest BCUT2D eigenvalue weighted by Crippen LogP contribution is -2.55. The van der Waals surface area contributed by atoms with E-state index in [1.807, 2.05) is 0 Å². The van der Waals surface area contributed by atoms with Crippen LogP contribution in [0.2, 0.25) is 6.32 Å². The van der Waals surface area contributed by atoms with Crippen LogP contribution in [0.5, 0.6) is 0 Å². The molecule has 0 aromatic rings. The summed E-state index contributed by atoms with van der Waals surface area (Å²) in [7, 11) is -1.44. The summed E-state index contributed by atoms with van der Waals surface area (Å²) in [5, 5.41) is 36.6. The minimum Gasteiger partial charge on any atom is -0.480 e. The number of aliphatic carboxylic acids is 1. The second-order valence-corrected chi connectivity index (χ2v) is 6.20. The Morgan fingerprint density at radius 2 is 2.00 bits per heavy atom. The van der Waals surface area contributed by atoms with Gasteiger partial charge in [-0.3, -0.25) is 9.59 Å². The third kappa shape index (κ3) is 4.19. The number of carboxylic acids is 1. The number of hydrogen-bond donors (Lipinski definition) is 5. The quantitative estimate of drug-likeness (QED) is 0.359. The average Bonchev–Trinajstić information content (AvgIpc) is 2.75. The van der Waals surface area contributed by atoms with Crippen LogP contribution in [0.15, 0.2) is 0 Å². The highest BCUT2D eigenvalue weighted by molar-refractivity contribution is 6.40. The van der Waals surface area contributed by atoms with Gasteiger partial charge in [-0.25, -0.2) is 0 Å². The number of nitrogens with two attached hydrogens (primary N) is 1. The maximum Gasteiger partial charge on any atom is 0.451 e. The van der Waals surface area contributed by atoms with E-state index in [9.17, 15) is 19.8 Å². The van der Waals surface area contributed by atoms with Crippen molar-refractivity contribution in [3.63, 3.8) is 0 Å². The molecule has 0 bridgehead atoms. The Kier molecular flexibility index (Phi) is 6.36. The molecule has 1 aliphatic heterocycles. The standard InChI is InChI=1S/C13H25BN2O6/c1-8(9(2)17)11(18)16-6-10(4-3-5-14(21)22)13(15,7-16)12(19)20/h8-10,17,21-22H,3-7,15H2,1-2H3,(H,19,20)/t8-,9+,10-,13-/m0/s1. The molecule has 4 atom stereocenters. The lowest BCUT2D eigenvalue weighted by atomic mass is 9.78. The minimum atomic E-state index is -1.55. The fourth-order valence-electron chi connectivity index (χ4n) is 2.74. The number of nitrogens with zero attached hydrogens (tertiary/aromatic N) is 1. The Morgan fingerprint density at radius 3 is 2.45 bits per heavy atom. The summed E-state index contributed by atoms with van der Waals surface area (Å²) in [6.45, 7) is 3.18. The topological polar surface area (TPSA) is 144 Å². The Bertz CT molecular complexity index is 419. The summed E-state index contributed by atoms with van der Waals surface area (Å²) in [6.07, 6.45) is 0.0909. The van der Waals surface area contributed by atoms with Gasteiger partial charge in [0.2, 0.25) is 5.91 Å². The fourth-order valence-corrected chi connectivity index (χ4v) is 2.74. The lowest BCUT2D eigenvalue weighted by molar-refractivity contribution is -0.144. The number of aliphatic hydroxyl groups is 1. The van der Waals surface area contributed by atoms with E-state index in [2.05, 4.69) is 0 Å². The van der Waals surface area contributed by atoms with Crippen molar-refractivity contribution in [1.82, 2.24) is 4.90 Å². The number of likely N-dealkylation sites (tertiary alicyclic amines) is 1. The molecular weight excluding hydrogens is 291 g/mol. The number of carboxylic acid groups (broad SMARTS) is 1. The largest absolute Gasteiger partial charge is 0.480 e. The molecule has 22 heavy (non-hydrogen) atoms. The summed E-state index contributed by atoms with van der Waals surface area (Å²) in [4.78, 5) is 25.1. The third-order valence-electron chi connectivity index (χ3n) is 4.46. The van der Waals surface area contributed by atoms with Crippen LogP contribution in [0.1, 0.15) is 26.7 Å². The molecule has 6 N–H and O–H groups in total. The zero-order valence-corrected chi connectivity index (χ0v) is 13.0. The minimum absolute atomic E-state index is 0.107. The summed E-state index contributed by atoms with van der Waals surface area (Å²) in [6, 6.07) is 0. The van der Waals surface area contributed by atoms with E-state index in [-0.39, 0.29) is 25.3 Å². The van der Waals surface area contributed by atoms with Gasteiger partial charge in [-0.05, 0) is 19.7 Å². The molecule has 0 unspecified atom stereocenters. The maximum absolute atomic E-state index is 12.3. The third-order valence-corrected chi connectivity index (χ3v) is 4.46. The normalized spacial score (nSPS) is 27.5. The summed E-state index contributed by atoms with van der Waals surface area (Å²) >= 11 is 0. The van der Waals surface area contributed by atoms with Crippen molar-refractivity contribution < 1.29 is 29.9 Å². The molecule has 0 radical (unpaired) electrons. The zero-order valence-electron chi connectivity index (χ0n) is 13.0. The molecule has 1 heterocycles. The molecule has 0 aromatic heterocycles. The second kappa shape index (κ2) is 7.41. The van der Waals surface area contributed by atoms with Crippen LogP contribution in [-0.2, 0) is 9.59 Å². The summed E-state index contributed by atoms with van der Waals surface area (Å²) < 4.78 is 0.